The van der Waals surface area contributed by atoms with Crippen LogP contribution in [0.5, 0.6) is 5.75 Å². The van der Waals surface area contributed by atoms with Crippen LogP contribution in [-0.4, -0.2) is 56.7 Å². The maximum Gasteiger partial charge on any atom is 0.261 e. The Morgan fingerprint density at radius 1 is 0.800 bits per heavy atom. The fraction of sp³-hybridized carbons (Fsp3) is 0.259. The van der Waals surface area contributed by atoms with Gasteiger partial charge in [-0.1, -0.05) is 12.1 Å². The Hall–Kier alpha value is -4.04. The van der Waals surface area contributed by atoms with E-state index >= 15 is 0 Å². The Labute approximate surface area is 204 Å². The van der Waals surface area contributed by atoms with E-state index in [1.807, 2.05) is 55.5 Å². The van der Waals surface area contributed by atoms with Crippen LogP contribution in [0.1, 0.15) is 27.6 Å². The number of carbonyl (C=O) groups is 2. The average Bonchev–Trinajstić information content (AvgIpc) is 3.14. The molecule has 4 rings (SSSR count). The van der Waals surface area contributed by atoms with Gasteiger partial charge in [-0.3, -0.25) is 14.5 Å². The van der Waals surface area contributed by atoms with E-state index in [9.17, 15) is 9.59 Å². The van der Waals surface area contributed by atoms with Gasteiger partial charge in [0, 0.05) is 32.4 Å². The molecule has 1 aliphatic rings. The molecule has 0 unspecified atom stereocenters. The fourth-order valence-corrected chi connectivity index (χ4v) is 3.83. The summed E-state index contributed by atoms with van der Waals surface area (Å²) in [6.45, 7) is 4.68. The van der Waals surface area contributed by atoms with Crippen LogP contribution in [-0.2, 0) is 4.74 Å². The number of likely N-dealkylation sites (N-methyl/N-ethyl adjacent to an activating group) is 1. The maximum atomic E-state index is 12.6. The minimum absolute atomic E-state index is 0.230. The van der Waals surface area contributed by atoms with Gasteiger partial charge >= 0.3 is 0 Å². The predicted molar refractivity (Wildman–Crippen MR) is 134 cm³/mol. The Morgan fingerprint density at radius 2 is 1.37 bits per heavy atom. The van der Waals surface area contributed by atoms with Gasteiger partial charge in [-0.2, -0.15) is 10.2 Å². The van der Waals surface area contributed by atoms with Crippen molar-refractivity contribution in [1.82, 2.24) is 4.90 Å². The third kappa shape index (κ3) is 5.73. The third-order valence-electron chi connectivity index (χ3n) is 5.74. The molecule has 0 saturated heterocycles. The van der Waals surface area contributed by atoms with Crippen LogP contribution >= 0.6 is 0 Å². The van der Waals surface area contributed by atoms with Crippen LogP contribution in [0.4, 0.5) is 17.1 Å². The highest BCUT2D eigenvalue weighted by atomic mass is 16.5. The van der Waals surface area contributed by atoms with Crippen molar-refractivity contribution in [2.45, 2.75) is 6.92 Å². The highest BCUT2D eigenvalue weighted by Gasteiger charge is 2.34. The summed E-state index contributed by atoms with van der Waals surface area (Å²) < 4.78 is 10.5. The van der Waals surface area contributed by atoms with Gasteiger partial charge in [-0.15, -0.1) is 0 Å². The molecule has 3 aromatic rings. The zero-order valence-electron chi connectivity index (χ0n) is 19.9. The van der Waals surface area contributed by atoms with Gasteiger partial charge in [0.05, 0.1) is 29.1 Å². The second-order valence-electron chi connectivity index (χ2n) is 7.94. The van der Waals surface area contributed by atoms with Crippen molar-refractivity contribution in [3.63, 3.8) is 0 Å². The van der Waals surface area contributed by atoms with Crippen molar-refractivity contribution < 1.29 is 19.1 Å². The van der Waals surface area contributed by atoms with Crippen molar-refractivity contribution >= 4 is 28.9 Å². The first-order chi connectivity index (χ1) is 17.1. The standard InChI is InChI=1S/C27H28N4O4/c1-3-30(16-17-31-26(32)24-6-4-5-7-25(24)27(31)33)22-12-8-20(9-13-22)28-29-21-10-14-23(15-11-21)35-19-18-34-2/h4-15H,3,16-19H2,1-2H3. The number of methoxy groups -OCH3 is 1. The van der Waals surface area contributed by atoms with Crippen molar-refractivity contribution in [3.05, 3.63) is 83.9 Å². The fourth-order valence-electron chi connectivity index (χ4n) is 3.83. The summed E-state index contributed by atoms with van der Waals surface area (Å²) in [5, 5.41) is 8.59. The summed E-state index contributed by atoms with van der Waals surface area (Å²) >= 11 is 0. The lowest BCUT2D eigenvalue weighted by molar-refractivity contribution is 0.0658. The number of benzene rings is 3. The molecular weight excluding hydrogens is 444 g/mol. The number of nitrogens with zero attached hydrogens (tertiary/aromatic N) is 4. The van der Waals surface area contributed by atoms with Crippen LogP contribution in [0.25, 0.3) is 0 Å². The van der Waals surface area contributed by atoms with Crippen molar-refractivity contribution in [1.29, 1.82) is 0 Å². The first-order valence-corrected chi connectivity index (χ1v) is 11.5. The number of amides is 2. The van der Waals surface area contributed by atoms with E-state index in [-0.39, 0.29) is 11.8 Å². The first-order valence-electron chi connectivity index (χ1n) is 11.5. The number of carbonyl (C=O) groups excluding carboxylic acids is 2. The number of rotatable bonds is 11. The summed E-state index contributed by atoms with van der Waals surface area (Å²) in [5.41, 5.74) is 3.39. The molecule has 0 fully saturated rings. The highest BCUT2D eigenvalue weighted by Crippen LogP contribution is 2.25. The molecule has 8 heteroatoms. The van der Waals surface area contributed by atoms with Gasteiger partial charge in [0.25, 0.3) is 11.8 Å². The largest absolute Gasteiger partial charge is 0.491 e. The Morgan fingerprint density at radius 3 is 1.91 bits per heavy atom. The molecule has 0 atom stereocenters. The van der Waals surface area contributed by atoms with Gasteiger partial charge in [0.1, 0.15) is 12.4 Å². The molecule has 2 amide bonds. The number of hydrogen-bond acceptors (Lipinski definition) is 7. The molecule has 0 bridgehead atoms. The van der Waals surface area contributed by atoms with Crippen LogP contribution in [0.3, 0.4) is 0 Å². The minimum atomic E-state index is -0.230. The lowest BCUT2D eigenvalue weighted by atomic mass is 10.1. The molecule has 0 N–H and O–H groups in total. The highest BCUT2D eigenvalue weighted by molar-refractivity contribution is 6.21. The van der Waals surface area contributed by atoms with E-state index in [4.69, 9.17) is 9.47 Å². The number of anilines is 1. The molecule has 0 saturated carbocycles. The predicted octanol–water partition coefficient (Wildman–Crippen LogP) is 5.25. The smallest absolute Gasteiger partial charge is 0.261 e. The minimum Gasteiger partial charge on any atom is -0.491 e. The monoisotopic (exact) mass is 472 g/mol. The maximum absolute atomic E-state index is 12.6. The van der Waals surface area contributed by atoms with E-state index in [1.54, 1.807) is 31.4 Å². The Kier molecular flexibility index (Phi) is 7.84. The lowest BCUT2D eigenvalue weighted by Crippen LogP contribution is -2.38. The molecule has 180 valence electrons. The van der Waals surface area contributed by atoms with Gasteiger partial charge in [-0.25, -0.2) is 0 Å². The summed E-state index contributed by atoms with van der Waals surface area (Å²) in [5.74, 6) is 0.296. The number of azo groups is 1. The van der Waals surface area contributed by atoms with Crippen LogP contribution in [0.15, 0.2) is 83.0 Å². The normalized spacial score (nSPS) is 12.9. The number of fused-ring (bicyclic) bond motifs is 1. The number of imide groups is 1. The molecular formula is C27H28N4O4. The molecule has 0 radical (unpaired) electrons. The van der Waals surface area contributed by atoms with Crippen molar-refractivity contribution in [3.8, 4) is 5.75 Å². The van der Waals surface area contributed by atoms with Gasteiger partial charge in [0.15, 0.2) is 0 Å². The van der Waals surface area contributed by atoms with Gasteiger partial charge in [-0.05, 0) is 67.6 Å². The first kappa shape index (κ1) is 24.1. The summed E-state index contributed by atoms with van der Waals surface area (Å²) in [6.07, 6.45) is 0. The van der Waals surface area contributed by atoms with E-state index < -0.39 is 0 Å². The molecule has 0 aromatic heterocycles. The quantitative estimate of drug-likeness (QED) is 0.216. The molecule has 0 spiro atoms. The molecule has 1 heterocycles. The zero-order chi connectivity index (χ0) is 24.6. The second kappa shape index (κ2) is 11.4. The summed E-state index contributed by atoms with van der Waals surface area (Å²) in [6, 6.07) is 22.1. The third-order valence-corrected chi connectivity index (χ3v) is 5.74. The topological polar surface area (TPSA) is 83.8 Å². The second-order valence-corrected chi connectivity index (χ2v) is 7.94. The average molecular weight is 473 g/mol. The lowest BCUT2D eigenvalue weighted by Gasteiger charge is -2.25. The zero-order valence-corrected chi connectivity index (χ0v) is 19.9. The SMILES string of the molecule is CCN(CCN1C(=O)c2ccccc2C1=O)c1ccc(N=Nc2ccc(OCCOC)cc2)cc1. The number of hydrogen-bond donors (Lipinski definition) is 0. The van der Waals surface area contributed by atoms with E-state index in [1.165, 1.54) is 4.90 Å². The van der Waals surface area contributed by atoms with Crippen molar-refractivity contribution in [2.24, 2.45) is 10.2 Å². The summed E-state index contributed by atoms with van der Waals surface area (Å²) in [4.78, 5) is 28.7. The van der Waals surface area contributed by atoms with Crippen LogP contribution in [0.2, 0.25) is 0 Å². The van der Waals surface area contributed by atoms with Crippen LogP contribution < -0.4 is 9.64 Å². The van der Waals surface area contributed by atoms with E-state index in [0.29, 0.717) is 37.4 Å². The Balaban J connectivity index is 1.33. The Bertz CT molecular complexity index is 1160. The molecule has 0 aliphatic carbocycles. The summed E-state index contributed by atoms with van der Waals surface area (Å²) in [7, 11) is 1.64. The molecule has 1 aliphatic heterocycles. The van der Waals surface area contributed by atoms with E-state index in [0.717, 1.165) is 29.4 Å². The van der Waals surface area contributed by atoms with Gasteiger partial charge in [0.2, 0.25) is 0 Å². The number of ether oxygens (including phenoxy) is 2. The molecule has 8 nitrogen and oxygen atoms in total. The molecule has 35 heavy (non-hydrogen) atoms. The molecule has 3 aromatic carbocycles. The van der Waals surface area contributed by atoms with Gasteiger partial charge < -0.3 is 14.4 Å². The van der Waals surface area contributed by atoms with E-state index in [2.05, 4.69) is 15.1 Å². The van der Waals surface area contributed by atoms with Crippen LogP contribution in [0, 0.1) is 0 Å². The van der Waals surface area contributed by atoms with Crippen molar-refractivity contribution in [2.75, 3.05) is 44.9 Å².